The normalized spacial score (nSPS) is 12.2. The zero-order valence-electron chi connectivity index (χ0n) is 10.6. The van der Waals surface area contributed by atoms with Gasteiger partial charge in [-0.3, -0.25) is 0 Å². The van der Waals surface area contributed by atoms with Crippen LogP contribution >= 0.6 is 0 Å². The monoisotopic (exact) mass is 308 g/mol. The first-order valence-corrected chi connectivity index (χ1v) is 6.96. The summed E-state index contributed by atoms with van der Waals surface area (Å²) in [6.45, 7) is -2.09. The van der Waals surface area contributed by atoms with Gasteiger partial charge >= 0.3 is 5.97 Å². The molecule has 0 spiro atoms. The molecule has 0 radical (unpaired) electrons. The summed E-state index contributed by atoms with van der Waals surface area (Å²) < 4.78 is 55.7. The molecule has 0 aliphatic heterocycles. The fourth-order valence-corrected chi connectivity index (χ4v) is 2.37. The van der Waals surface area contributed by atoms with Crippen LogP contribution in [0.4, 0.5) is 8.78 Å². The zero-order valence-corrected chi connectivity index (χ0v) is 11.4. The van der Waals surface area contributed by atoms with Crippen LogP contribution in [0.5, 0.6) is 0 Å². The Morgan fingerprint density at radius 2 is 2.10 bits per heavy atom. The molecular formula is C11H14F2N2O4S. The first kappa shape index (κ1) is 16.5. The molecular weight excluding hydrogens is 294 g/mol. The first-order valence-electron chi connectivity index (χ1n) is 5.48. The van der Waals surface area contributed by atoms with Gasteiger partial charge in [0.1, 0.15) is 0 Å². The van der Waals surface area contributed by atoms with Crippen molar-refractivity contribution in [3.05, 3.63) is 29.8 Å². The topological polar surface area (TPSA) is 98.5 Å². The summed E-state index contributed by atoms with van der Waals surface area (Å²) in [6, 6.07) is 4.87. The Bertz CT molecular complexity index is 590. The van der Waals surface area contributed by atoms with Gasteiger partial charge in [0.15, 0.2) is 0 Å². The molecule has 0 aliphatic rings. The molecule has 9 heteroatoms. The number of ether oxygens (including phenoxy) is 1. The van der Waals surface area contributed by atoms with Crippen LogP contribution in [-0.4, -0.2) is 40.5 Å². The number of esters is 1. The molecule has 0 amide bonds. The number of carbonyl (C=O) groups is 1. The van der Waals surface area contributed by atoms with Gasteiger partial charge in [-0.1, -0.05) is 6.07 Å². The Labute approximate surface area is 115 Å². The standard InChI is InChI=1S/C11H14F2N2O4S/c1-19-10(16)8-3-2-4-9(5-8)20(17,18)15-7-11(12,13)6-14/h2-5,15H,6-7,14H2,1H3. The number of halogens is 2. The van der Waals surface area contributed by atoms with Gasteiger partial charge in [0.05, 0.1) is 30.7 Å². The molecule has 1 rings (SSSR count). The van der Waals surface area contributed by atoms with E-state index in [0.29, 0.717) is 0 Å². The largest absolute Gasteiger partial charge is 0.465 e. The van der Waals surface area contributed by atoms with Crippen LogP contribution in [0, 0.1) is 0 Å². The molecule has 0 saturated heterocycles. The van der Waals surface area contributed by atoms with Gasteiger partial charge in [0.25, 0.3) is 5.92 Å². The van der Waals surface area contributed by atoms with E-state index in [9.17, 15) is 22.0 Å². The summed E-state index contributed by atoms with van der Waals surface area (Å²) in [5.74, 6) is -4.07. The number of benzene rings is 1. The molecule has 1 aromatic carbocycles. The van der Waals surface area contributed by atoms with Gasteiger partial charge in [0, 0.05) is 0 Å². The van der Waals surface area contributed by atoms with E-state index in [-0.39, 0.29) is 10.5 Å². The highest BCUT2D eigenvalue weighted by Crippen LogP contribution is 2.15. The number of methoxy groups -OCH3 is 1. The molecule has 0 aliphatic carbocycles. The number of carbonyl (C=O) groups excluding carboxylic acids is 1. The van der Waals surface area contributed by atoms with Crippen molar-refractivity contribution in [2.24, 2.45) is 5.73 Å². The van der Waals surface area contributed by atoms with Gasteiger partial charge in [-0.25, -0.2) is 26.7 Å². The number of hydrogen-bond donors (Lipinski definition) is 2. The number of rotatable bonds is 6. The van der Waals surface area contributed by atoms with Crippen LogP contribution in [0.25, 0.3) is 0 Å². The SMILES string of the molecule is COC(=O)c1cccc(S(=O)(=O)NCC(F)(F)CN)c1. The second kappa shape index (κ2) is 6.25. The highest BCUT2D eigenvalue weighted by molar-refractivity contribution is 7.89. The fraction of sp³-hybridized carbons (Fsp3) is 0.364. The Morgan fingerprint density at radius 3 is 2.65 bits per heavy atom. The maximum atomic E-state index is 12.9. The molecule has 0 bridgehead atoms. The van der Waals surface area contributed by atoms with Crippen LogP contribution in [0.1, 0.15) is 10.4 Å². The van der Waals surface area contributed by atoms with Crippen molar-refractivity contribution in [1.82, 2.24) is 4.72 Å². The molecule has 0 fully saturated rings. The van der Waals surface area contributed by atoms with Crippen LogP contribution in [0.2, 0.25) is 0 Å². The van der Waals surface area contributed by atoms with E-state index in [4.69, 9.17) is 5.73 Å². The third-order valence-electron chi connectivity index (χ3n) is 2.38. The Morgan fingerprint density at radius 1 is 1.45 bits per heavy atom. The van der Waals surface area contributed by atoms with Gasteiger partial charge < -0.3 is 10.5 Å². The van der Waals surface area contributed by atoms with Crippen molar-refractivity contribution in [2.75, 3.05) is 20.2 Å². The summed E-state index contributed by atoms with van der Waals surface area (Å²) >= 11 is 0. The molecule has 112 valence electrons. The third-order valence-corrected chi connectivity index (χ3v) is 3.78. The van der Waals surface area contributed by atoms with E-state index in [0.717, 1.165) is 13.2 Å². The highest BCUT2D eigenvalue weighted by Gasteiger charge is 2.29. The fourth-order valence-electron chi connectivity index (χ4n) is 1.26. The number of hydrogen-bond acceptors (Lipinski definition) is 5. The lowest BCUT2D eigenvalue weighted by Gasteiger charge is -2.15. The van der Waals surface area contributed by atoms with Gasteiger partial charge in [-0.2, -0.15) is 0 Å². The average molecular weight is 308 g/mol. The minimum atomic E-state index is -4.16. The molecule has 0 heterocycles. The predicted octanol–water partition coefficient (Wildman–Crippen LogP) is 0.346. The first-order chi connectivity index (χ1) is 9.22. The summed E-state index contributed by atoms with van der Waals surface area (Å²) in [7, 11) is -3.02. The average Bonchev–Trinajstić information content (AvgIpc) is 2.45. The number of alkyl halides is 2. The second-order valence-corrected chi connectivity index (χ2v) is 5.67. The van der Waals surface area contributed by atoms with Gasteiger partial charge in [0.2, 0.25) is 10.0 Å². The van der Waals surface area contributed by atoms with Gasteiger partial charge in [-0.15, -0.1) is 0 Å². The van der Waals surface area contributed by atoms with Crippen LogP contribution in [0.3, 0.4) is 0 Å². The number of sulfonamides is 1. The molecule has 0 saturated carbocycles. The molecule has 0 aromatic heterocycles. The molecule has 1 aromatic rings. The predicted molar refractivity (Wildman–Crippen MR) is 67.0 cm³/mol. The van der Waals surface area contributed by atoms with E-state index >= 15 is 0 Å². The van der Waals surface area contributed by atoms with Crippen LogP contribution in [0.15, 0.2) is 29.2 Å². The van der Waals surface area contributed by atoms with Crippen molar-refractivity contribution in [1.29, 1.82) is 0 Å². The summed E-state index contributed by atoms with van der Waals surface area (Å²) in [5, 5.41) is 0. The third kappa shape index (κ3) is 4.22. The number of nitrogens with two attached hydrogens (primary N) is 1. The summed E-state index contributed by atoms with van der Waals surface area (Å²) in [5.41, 5.74) is 4.81. The maximum absolute atomic E-state index is 12.9. The Balaban J connectivity index is 2.96. The lowest BCUT2D eigenvalue weighted by Crippen LogP contribution is -2.41. The van der Waals surface area contributed by atoms with E-state index in [1.165, 1.54) is 18.2 Å². The second-order valence-electron chi connectivity index (χ2n) is 3.90. The quantitative estimate of drug-likeness (QED) is 0.739. The van der Waals surface area contributed by atoms with E-state index in [1.54, 1.807) is 4.72 Å². The van der Waals surface area contributed by atoms with E-state index in [1.807, 2.05) is 0 Å². The number of nitrogens with one attached hydrogen (secondary N) is 1. The smallest absolute Gasteiger partial charge is 0.337 e. The highest BCUT2D eigenvalue weighted by atomic mass is 32.2. The molecule has 20 heavy (non-hydrogen) atoms. The molecule has 0 unspecified atom stereocenters. The lowest BCUT2D eigenvalue weighted by molar-refractivity contribution is 0.0170. The van der Waals surface area contributed by atoms with Crippen LogP contribution in [-0.2, 0) is 14.8 Å². The summed E-state index contributed by atoms with van der Waals surface area (Å²) in [4.78, 5) is 11.0. The van der Waals surface area contributed by atoms with E-state index in [2.05, 4.69) is 4.74 Å². The minimum absolute atomic E-state index is 0.000889. The summed E-state index contributed by atoms with van der Waals surface area (Å²) in [6.07, 6.45) is 0. The molecule has 6 nitrogen and oxygen atoms in total. The van der Waals surface area contributed by atoms with Crippen molar-refractivity contribution in [3.63, 3.8) is 0 Å². The van der Waals surface area contributed by atoms with Crippen molar-refractivity contribution in [2.45, 2.75) is 10.8 Å². The van der Waals surface area contributed by atoms with Crippen molar-refractivity contribution in [3.8, 4) is 0 Å². The zero-order chi connectivity index (χ0) is 15.4. The lowest BCUT2D eigenvalue weighted by atomic mass is 10.2. The molecule has 3 N–H and O–H groups in total. The van der Waals surface area contributed by atoms with Crippen molar-refractivity contribution >= 4 is 16.0 Å². The van der Waals surface area contributed by atoms with Crippen LogP contribution < -0.4 is 10.5 Å². The van der Waals surface area contributed by atoms with Gasteiger partial charge in [-0.05, 0) is 18.2 Å². The Hall–Kier alpha value is -1.58. The minimum Gasteiger partial charge on any atom is -0.465 e. The van der Waals surface area contributed by atoms with E-state index < -0.39 is 35.0 Å². The molecule has 0 atom stereocenters. The maximum Gasteiger partial charge on any atom is 0.337 e. The van der Waals surface area contributed by atoms with Crippen molar-refractivity contribution < 1.29 is 26.7 Å². The Kier molecular flexibility index (Phi) is 5.15.